The quantitative estimate of drug-likeness (QED) is 0.652. The summed E-state index contributed by atoms with van der Waals surface area (Å²) in [5.74, 6) is 0. The second-order valence-corrected chi connectivity index (χ2v) is 7.34. The molecule has 0 aliphatic rings. The molecule has 7 heteroatoms. The summed E-state index contributed by atoms with van der Waals surface area (Å²) in [5.41, 5.74) is 0.653. The van der Waals surface area contributed by atoms with Crippen LogP contribution in [0.4, 0.5) is 11.4 Å². The molecule has 0 radical (unpaired) electrons. The Morgan fingerprint density at radius 3 is 2.17 bits per heavy atom. The van der Waals surface area contributed by atoms with E-state index in [-0.39, 0.29) is 12.2 Å². The van der Waals surface area contributed by atoms with E-state index in [0.29, 0.717) is 5.69 Å². The van der Waals surface area contributed by atoms with Crippen molar-refractivity contribution in [2.75, 3.05) is 18.1 Å². The zero-order chi connectivity index (χ0) is 14.0. The Morgan fingerprint density at radius 1 is 1.28 bits per heavy atom. The van der Waals surface area contributed by atoms with Crippen molar-refractivity contribution in [2.45, 2.75) is 18.6 Å². The number of nitrogens with one attached hydrogen (secondary N) is 1. The third-order valence-electron chi connectivity index (χ3n) is 2.80. The van der Waals surface area contributed by atoms with Gasteiger partial charge in [-0.15, -0.1) is 0 Å². The van der Waals surface area contributed by atoms with Crippen molar-refractivity contribution in [3.05, 3.63) is 34.4 Å². The number of non-ortho nitro benzene ring substituents is 1. The molecule has 6 nitrogen and oxygen atoms in total. The monoisotopic (exact) mass is 272 g/mol. The van der Waals surface area contributed by atoms with Gasteiger partial charge in [-0.05, 0) is 26.0 Å². The lowest BCUT2D eigenvalue weighted by Crippen LogP contribution is -2.38. The van der Waals surface area contributed by atoms with Crippen molar-refractivity contribution in [1.29, 1.82) is 0 Å². The van der Waals surface area contributed by atoms with E-state index in [1.54, 1.807) is 26.0 Å². The molecule has 1 aromatic carbocycles. The van der Waals surface area contributed by atoms with E-state index in [9.17, 15) is 18.5 Å². The number of hydrogen-bond acceptors (Lipinski definition) is 5. The molecule has 0 aliphatic carbocycles. The topological polar surface area (TPSA) is 89.3 Å². The van der Waals surface area contributed by atoms with E-state index in [4.69, 9.17) is 0 Å². The molecule has 1 aromatic rings. The van der Waals surface area contributed by atoms with Crippen LogP contribution in [0.3, 0.4) is 0 Å². The summed E-state index contributed by atoms with van der Waals surface area (Å²) in [6, 6.07) is 5.85. The second-order valence-electron chi connectivity index (χ2n) is 4.69. The van der Waals surface area contributed by atoms with Crippen LogP contribution in [0.25, 0.3) is 0 Å². The van der Waals surface area contributed by atoms with Gasteiger partial charge in [0.2, 0.25) is 0 Å². The van der Waals surface area contributed by atoms with Crippen LogP contribution >= 0.6 is 0 Å². The highest BCUT2D eigenvalue weighted by atomic mass is 32.2. The maximum Gasteiger partial charge on any atom is 0.269 e. The Kier molecular flexibility index (Phi) is 3.95. The second kappa shape index (κ2) is 4.93. The van der Waals surface area contributed by atoms with Gasteiger partial charge in [0.15, 0.2) is 9.84 Å². The molecule has 1 rings (SSSR count). The first-order valence-electron chi connectivity index (χ1n) is 5.31. The first kappa shape index (κ1) is 14.4. The van der Waals surface area contributed by atoms with Crippen molar-refractivity contribution in [3.63, 3.8) is 0 Å². The van der Waals surface area contributed by atoms with Gasteiger partial charge in [0.25, 0.3) is 5.69 Å². The summed E-state index contributed by atoms with van der Waals surface area (Å²) < 4.78 is 22.1. The molecule has 0 amide bonds. The minimum Gasteiger partial charge on any atom is -0.383 e. The van der Waals surface area contributed by atoms with Gasteiger partial charge >= 0.3 is 0 Å². The summed E-state index contributed by atoms with van der Waals surface area (Å²) in [4.78, 5) is 9.98. The van der Waals surface area contributed by atoms with E-state index < -0.39 is 19.5 Å². The van der Waals surface area contributed by atoms with E-state index in [1.807, 2.05) is 0 Å². The average Bonchev–Trinajstić information content (AvgIpc) is 2.25. The number of nitro groups is 1. The Morgan fingerprint density at radius 2 is 1.78 bits per heavy atom. The Labute approximate surface area is 106 Å². The molecule has 18 heavy (non-hydrogen) atoms. The molecule has 0 unspecified atom stereocenters. The zero-order valence-electron chi connectivity index (χ0n) is 10.5. The lowest BCUT2D eigenvalue weighted by molar-refractivity contribution is -0.384. The molecule has 1 N–H and O–H groups in total. The predicted octanol–water partition coefficient (Wildman–Crippen LogP) is 1.83. The Bertz CT molecular complexity index is 535. The Balaban J connectivity index is 2.73. The van der Waals surface area contributed by atoms with Crippen molar-refractivity contribution >= 4 is 21.2 Å². The van der Waals surface area contributed by atoms with Crippen LogP contribution in [0, 0.1) is 10.1 Å². The molecule has 0 saturated heterocycles. The van der Waals surface area contributed by atoms with E-state index >= 15 is 0 Å². The summed E-state index contributed by atoms with van der Waals surface area (Å²) in [5, 5.41) is 13.4. The molecule has 0 aliphatic heterocycles. The summed E-state index contributed by atoms with van der Waals surface area (Å²) >= 11 is 0. The normalized spacial score (nSPS) is 12.2. The highest BCUT2D eigenvalue weighted by molar-refractivity contribution is 7.92. The maximum absolute atomic E-state index is 11.5. The van der Waals surface area contributed by atoms with Crippen molar-refractivity contribution in [1.82, 2.24) is 0 Å². The minimum absolute atomic E-state index is 0.00271. The SMILES string of the molecule is CC(C)(CNc1ccc([N+](=O)[O-])cc1)S(C)(=O)=O. The highest BCUT2D eigenvalue weighted by Gasteiger charge is 2.29. The van der Waals surface area contributed by atoms with E-state index in [1.165, 1.54) is 18.4 Å². The molecule has 0 spiro atoms. The van der Waals surface area contributed by atoms with Crippen molar-refractivity contribution in [3.8, 4) is 0 Å². The molecule has 100 valence electrons. The Hall–Kier alpha value is -1.63. The van der Waals surface area contributed by atoms with Gasteiger partial charge in [0.1, 0.15) is 0 Å². The van der Waals surface area contributed by atoms with Gasteiger partial charge in [-0.25, -0.2) is 8.42 Å². The highest BCUT2D eigenvalue weighted by Crippen LogP contribution is 2.19. The number of nitro benzene ring substituents is 1. The molecule has 0 fully saturated rings. The molecule has 0 bridgehead atoms. The van der Waals surface area contributed by atoms with Crippen LogP contribution in [0.5, 0.6) is 0 Å². The molecule has 0 saturated carbocycles. The summed E-state index contributed by atoms with van der Waals surface area (Å²) in [7, 11) is -3.16. The summed E-state index contributed by atoms with van der Waals surface area (Å²) in [6.45, 7) is 3.49. The largest absolute Gasteiger partial charge is 0.383 e. The van der Waals surface area contributed by atoms with Gasteiger partial charge in [-0.1, -0.05) is 0 Å². The third kappa shape index (κ3) is 3.43. The number of nitrogens with zero attached hydrogens (tertiary/aromatic N) is 1. The van der Waals surface area contributed by atoms with Crippen LogP contribution in [0.2, 0.25) is 0 Å². The fourth-order valence-electron chi connectivity index (χ4n) is 1.15. The number of benzene rings is 1. The molecular formula is C11H16N2O4S. The van der Waals surface area contributed by atoms with Gasteiger partial charge in [-0.2, -0.15) is 0 Å². The lowest BCUT2D eigenvalue weighted by atomic mass is 10.2. The minimum atomic E-state index is -3.16. The smallest absolute Gasteiger partial charge is 0.269 e. The van der Waals surface area contributed by atoms with Gasteiger partial charge < -0.3 is 5.32 Å². The summed E-state index contributed by atoms with van der Waals surface area (Å²) in [6.07, 6.45) is 1.19. The fourth-order valence-corrected chi connectivity index (χ4v) is 1.48. The van der Waals surface area contributed by atoms with Crippen LogP contribution < -0.4 is 5.32 Å². The number of hydrogen-bond donors (Lipinski definition) is 1. The van der Waals surface area contributed by atoms with Gasteiger partial charge in [-0.3, -0.25) is 10.1 Å². The zero-order valence-corrected chi connectivity index (χ0v) is 11.3. The molecule has 0 aromatic heterocycles. The van der Waals surface area contributed by atoms with E-state index in [2.05, 4.69) is 5.32 Å². The predicted molar refractivity (Wildman–Crippen MR) is 70.5 cm³/mol. The van der Waals surface area contributed by atoms with Gasteiger partial charge in [0.05, 0.1) is 9.67 Å². The van der Waals surface area contributed by atoms with Crippen molar-refractivity contribution in [2.24, 2.45) is 0 Å². The lowest BCUT2D eigenvalue weighted by Gasteiger charge is -2.23. The average molecular weight is 272 g/mol. The fraction of sp³-hybridized carbons (Fsp3) is 0.455. The number of anilines is 1. The van der Waals surface area contributed by atoms with E-state index in [0.717, 1.165) is 0 Å². The van der Waals surface area contributed by atoms with Crippen molar-refractivity contribution < 1.29 is 13.3 Å². The third-order valence-corrected chi connectivity index (χ3v) is 4.95. The first-order valence-corrected chi connectivity index (χ1v) is 7.20. The molecule has 0 atom stereocenters. The van der Waals surface area contributed by atoms with Gasteiger partial charge in [0, 0.05) is 30.6 Å². The van der Waals surface area contributed by atoms with Crippen LogP contribution in [0.1, 0.15) is 13.8 Å². The molecular weight excluding hydrogens is 256 g/mol. The standard InChI is InChI=1S/C11H16N2O4S/c1-11(2,18(3,16)17)8-12-9-4-6-10(7-5-9)13(14)15/h4-7,12H,8H2,1-3H3. The van der Waals surface area contributed by atoms with Crippen LogP contribution in [-0.2, 0) is 9.84 Å². The van der Waals surface area contributed by atoms with Crippen LogP contribution in [-0.4, -0.2) is 30.9 Å². The first-order chi connectivity index (χ1) is 8.13. The number of sulfone groups is 1. The molecule has 0 heterocycles. The van der Waals surface area contributed by atoms with Crippen LogP contribution in [0.15, 0.2) is 24.3 Å². The maximum atomic E-state index is 11.5. The number of rotatable bonds is 5.